The van der Waals surface area contributed by atoms with Gasteiger partial charge in [-0.2, -0.15) is 0 Å². The van der Waals surface area contributed by atoms with Crippen LogP contribution in [0, 0.1) is 0 Å². The molecule has 0 aliphatic rings. The van der Waals surface area contributed by atoms with Crippen molar-refractivity contribution in [3.05, 3.63) is 77.3 Å². The largest absolute Gasteiger partial charge is 0.459 e. The second kappa shape index (κ2) is 9.03. The number of amides is 2. The Morgan fingerprint density at radius 3 is 2.55 bits per heavy atom. The lowest BCUT2D eigenvalue weighted by Crippen LogP contribution is -2.30. The van der Waals surface area contributed by atoms with Crippen molar-refractivity contribution in [2.45, 2.75) is 13.0 Å². The highest BCUT2D eigenvalue weighted by Gasteiger charge is 2.22. The normalized spacial score (nSPS) is 11.4. The number of nitrogens with one attached hydrogen (secondary N) is 2. The molecule has 8 nitrogen and oxygen atoms in total. The van der Waals surface area contributed by atoms with Crippen LogP contribution in [0.1, 0.15) is 27.8 Å². The van der Waals surface area contributed by atoms with E-state index in [-0.39, 0.29) is 22.8 Å². The summed E-state index contributed by atoms with van der Waals surface area (Å²) in [6, 6.07) is 12.4. The zero-order chi connectivity index (χ0) is 20.8. The Bertz CT molecular complexity index is 1020. The maximum atomic E-state index is 12.5. The number of aromatic nitrogens is 1. The fourth-order valence-electron chi connectivity index (χ4n) is 2.32. The van der Waals surface area contributed by atoms with Gasteiger partial charge in [-0.15, -0.1) is 0 Å². The molecule has 2 N–H and O–H groups in total. The highest BCUT2D eigenvalue weighted by Crippen LogP contribution is 2.19. The van der Waals surface area contributed by atoms with Gasteiger partial charge in [0.2, 0.25) is 0 Å². The molecule has 0 saturated heterocycles. The van der Waals surface area contributed by atoms with Crippen LogP contribution in [-0.4, -0.2) is 28.9 Å². The van der Waals surface area contributed by atoms with Gasteiger partial charge in [0.05, 0.1) is 22.5 Å². The van der Waals surface area contributed by atoms with Crippen LogP contribution >= 0.6 is 11.6 Å². The first-order valence-electron chi connectivity index (χ1n) is 8.51. The first kappa shape index (κ1) is 20.1. The van der Waals surface area contributed by atoms with Crippen molar-refractivity contribution in [1.29, 1.82) is 0 Å². The molecule has 0 aliphatic carbocycles. The van der Waals surface area contributed by atoms with Crippen molar-refractivity contribution in [1.82, 2.24) is 4.98 Å². The van der Waals surface area contributed by atoms with Crippen molar-refractivity contribution >= 4 is 40.9 Å². The van der Waals surface area contributed by atoms with Crippen molar-refractivity contribution in [2.75, 3.05) is 10.6 Å². The maximum Gasteiger partial charge on any atom is 0.341 e. The van der Waals surface area contributed by atoms with Gasteiger partial charge in [0.1, 0.15) is 5.82 Å². The van der Waals surface area contributed by atoms with E-state index >= 15 is 0 Å². The molecular formula is C20H16ClN3O5. The topological polar surface area (TPSA) is 111 Å². The van der Waals surface area contributed by atoms with Crippen LogP contribution in [0.4, 0.5) is 11.5 Å². The molecule has 2 amide bonds. The Balaban J connectivity index is 1.66. The van der Waals surface area contributed by atoms with Crippen LogP contribution in [-0.2, 0) is 9.53 Å². The van der Waals surface area contributed by atoms with E-state index in [9.17, 15) is 14.4 Å². The minimum atomic E-state index is -1.10. The van der Waals surface area contributed by atoms with Crippen molar-refractivity contribution in [2.24, 2.45) is 0 Å². The lowest BCUT2D eigenvalue weighted by Gasteiger charge is -2.15. The molecule has 0 saturated carbocycles. The second-order valence-electron chi connectivity index (χ2n) is 5.88. The summed E-state index contributed by atoms with van der Waals surface area (Å²) in [5, 5.41) is 5.53. The molecule has 3 aromatic rings. The molecule has 0 fully saturated rings. The Kier molecular flexibility index (Phi) is 6.25. The van der Waals surface area contributed by atoms with Crippen molar-refractivity contribution in [3.63, 3.8) is 0 Å². The van der Waals surface area contributed by atoms with Gasteiger partial charge < -0.3 is 19.8 Å². The van der Waals surface area contributed by atoms with E-state index < -0.39 is 23.9 Å². The van der Waals surface area contributed by atoms with Gasteiger partial charge in [0, 0.05) is 6.20 Å². The van der Waals surface area contributed by atoms with E-state index in [4.69, 9.17) is 20.8 Å². The number of carbonyl (C=O) groups excluding carboxylic acids is 3. The maximum absolute atomic E-state index is 12.5. The molecule has 1 aromatic carbocycles. The number of furan rings is 1. The number of carbonyl (C=O) groups is 3. The van der Waals surface area contributed by atoms with E-state index in [1.165, 1.54) is 37.6 Å². The number of para-hydroxylation sites is 1. The summed E-state index contributed by atoms with van der Waals surface area (Å²) in [5.74, 6) is -1.49. The number of pyridine rings is 1. The van der Waals surface area contributed by atoms with E-state index in [0.29, 0.717) is 5.02 Å². The SMILES string of the molecule is C[C@@H](OC(=O)c1ccccc1NC(=O)c1ccco1)C(=O)Nc1ccc(Cl)cn1. The predicted molar refractivity (Wildman–Crippen MR) is 106 cm³/mol. The molecule has 0 bridgehead atoms. The Hall–Kier alpha value is -3.65. The standard InChI is InChI=1S/C20H16ClN3O5/c1-12(18(25)24-17-9-8-13(21)11-22-17)29-20(27)14-5-2-3-6-15(14)23-19(26)16-7-4-10-28-16/h2-12H,1H3,(H,23,26)(H,22,24,25)/t12-/m1/s1. The van der Waals surface area contributed by atoms with Gasteiger partial charge >= 0.3 is 5.97 Å². The minimum Gasteiger partial charge on any atom is -0.459 e. The molecule has 148 valence electrons. The summed E-state index contributed by atoms with van der Waals surface area (Å²) < 4.78 is 10.3. The second-order valence-corrected chi connectivity index (χ2v) is 6.31. The lowest BCUT2D eigenvalue weighted by atomic mass is 10.1. The Morgan fingerprint density at radius 2 is 1.86 bits per heavy atom. The van der Waals surface area contributed by atoms with Crippen LogP contribution in [0.25, 0.3) is 0 Å². The summed E-state index contributed by atoms with van der Waals surface area (Å²) in [6.07, 6.45) is 1.64. The lowest BCUT2D eigenvalue weighted by molar-refractivity contribution is -0.123. The number of benzene rings is 1. The van der Waals surface area contributed by atoms with Crippen LogP contribution in [0.2, 0.25) is 5.02 Å². The van der Waals surface area contributed by atoms with Gasteiger partial charge in [-0.25, -0.2) is 9.78 Å². The van der Waals surface area contributed by atoms with Crippen molar-refractivity contribution < 1.29 is 23.5 Å². The van der Waals surface area contributed by atoms with Gasteiger partial charge in [-0.1, -0.05) is 23.7 Å². The van der Waals surface area contributed by atoms with Crippen molar-refractivity contribution in [3.8, 4) is 0 Å². The third-order valence-electron chi connectivity index (χ3n) is 3.77. The number of anilines is 2. The summed E-state index contributed by atoms with van der Waals surface area (Å²) in [7, 11) is 0. The summed E-state index contributed by atoms with van der Waals surface area (Å²) in [6.45, 7) is 1.42. The number of ether oxygens (including phenoxy) is 1. The molecular weight excluding hydrogens is 398 g/mol. The number of esters is 1. The smallest absolute Gasteiger partial charge is 0.341 e. The molecule has 0 unspecified atom stereocenters. The number of rotatable bonds is 6. The van der Waals surface area contributed by atoms with Crippen LogP contribution in [0.5, 0.6) is 0 Å². The number of hydrogen-bond donors (Lipinski definition) is 2. The van der Waals surface area contributed by atoms with E-state index in [1.807, 2.05) is 0 Å². The molecule has 9 heteroatoms. The van der Waals surface area contributed by atoms with Gasteiger partial charge in [0.15, 0.2) is 11.9 Å². The molecule has 3 rings (SSSR count). The van der Waals surface area contributed by atoms with Crippen LogP contribution in [0.15, 0.2) is 65.4 Å². The molecule has 2 heterocycles. The zero-order valence-electron chi connectivity index (χ0n) is 15.2. The highest BCUT2D eigenvalue weighted by atomic mass is 35.5. The van der Waals surface area contributed by atoms with Crippen LogP contribution < -0.4 is 10.6 Å². The molecule has 29 heavy (non-hydrogen) atoms. The monoisotopic (exact) mass is 413 g/mol. The Morgan fingerprint density at radius 1 is 1.07 bits per heavy atom. The average Bonchev–Trinajstić information content (AvgIpc) is 3.25. The predicted octanol–water partition coefficient (Wildman–Crippen LogP) is 3.76. The third kappa shape index (κ3) is 5.20. The average molecular weight is 414 g/mol. The van der Waals surface area contributed by atoms with Gasteiger partial charge in [0.25, 0.3) is 11.8 Å². The first-order chi connectivity index (χ1) is 13.9. The molecule has 0 radical (unpaired) electrons. The zero-order valence-corrected chi connectivity index (χ0v) is 16.0. The molecule has 2 aromatic heterocycles. The summed E-state index contributed by atoms with van der Waals surface area (Å²) in [5.41, 5.74) is 0.322. The summed E-state index contributed by atoms with van der Waals surface area (Å²) >= 11 is 5.75. The van der Waals surface area contributed by atoms with Gasteiger partial charge in [-0.05, 0) is 43.3 Å². The number of halogens is 1. The molecule has 1 atom stereocenters. The molecule has 0 spiro atoms. The van der Waals surface area contributed by atoms with E-state index in [0.717, 1.165) is 0 Å². The Labute approximate surface area is 170 Å². The molecule has 0 aliphatic heterocycles. The fourth-order valence-corrected chi connectivity index (χ4v) is 2.43. The number of hydrogen-bond acceptors (Lipinski definition) is 6. The fraction of sp³-hybridized carbons (Fsp3) is 0.100. The minimum absolute atomic E-state index is 0.0939. The van der Waals surface area contributed by atoms with Crippen LogP contribution in [0.3, 0.4) is 0 Å². The van der Waals surface area contributed by atoms with E-state index in [1.54, 1.807) is 30.3 Å². The van der Waals surface area contributed by atoms with E-state index in [2.05, 4.69) is 15.6 Å². The highest BCUT2D eigenvalue weighted by molar-refractivity contribution is 6.30. The quantitative estimate of drug-likeness (QED) is 0.595. The third-order valence-corrected chi connectivity index (χ3v) is 4.00. The van der Waals surface area contributed by atoms with Gasteiger partial charge in [-0.3, -0.25) is 9.59 Å². The first-order valence-corrected chi connectivity index (χ1v) is 8.89. The summed E-state index contributed by atoms with van der Waals surface area (Å²) in [4.78, 5) is 40.9. The number of nitrogens with zero attached hydrogens (tertiary/aromatic N) is 1.